The highest BCUT2D eigenvalue weighted by molar-refractivity contribution is 4.80. The Hall–Kier alpha value is -0.940. The molecule has 0 radical (unpaired) electrons. The highest BCUT2D eigenvalue weighted by Crippen LogP contribution is 2.14. The molecule has 0 amide bonds. The molecule has 90 valence electrons. The lowest BCUT2D eigenvalue weighted by Crippen LogP contribution is -2.36. The Labute approximate surface area is 96.2 Å². The average Bonchev–Trinajstić information content (AvgIpc) is 2.82. The van der Waals surface area contributed by atoms with Crippen LogP contribution in [0.2, 0.25) is 0 Å². The number of hydrogen-bond acceptors (Lipinski definition) is 5. The maximum atomic E-state index is 4.75. The lowest BCUT2D eigenvalue weighted by Gasteiger charge is -2.28. The van der Waals surface area contributed by atoms with Gasteiger partial charge in [0, 0.05) is 6.54 Å². The van der Waals surface area contributed by atoms with E-state index < -0.39 is 0 Å². The molecule has 5 heteroatoms. The molecule has 0 saturated carbocycles. The SMILES string of the molecule is CCN(Cc1ncon1)CC1CCNCC1. The zero-order chi connectivity index (χ0) is 11.2. The van der Waals surface area contributed by atoms with Crippen LogP contribution in [0.5, 0.6) is 0 Å². The summed E-state index contributed by atoms with van der Waals surface area (Å²) in [6, 6.07) is 0. The summed E-state index contributed by atoms with van der Waals surface area (Å²) in [5, 5.41) is 7.25. The van der Waals surface area contributed by atoms with Crippen LogP contribution in [0.1, 0.15) is 25.6 Å². The van der Waals surface area contributed by atoms with Crippen molar-refractivity contribution in [3.05, 3.63) is 12.2 Å². The zero-order valence-electron chi connectivity index (χ0n) is 9.85. The predicted molar refractivity (Wildman–Crippen MR) is 60.8 cm³/mol. The van der Waals surface area contributed by atoms with E-state index >= 15 is 0 Å². The summed E-state index contributed by atoms with van der Waals surface area (Å²) in [7, 11) is 0. The predicted octanol–water partition coefficient (Wildman–Crippen LogP) is 0.891. The Kier molecular flexibility index (Phi) is 4.30. The summed E-state index contributed by atoms with van der Waals surface area (Å²) >= 11 is 0. The van der Waals surface area contributed by atoms with Gasteiger partial charge in [-0.3, -0.25) is 4.90 Å². The zero-order valence-corrected chi connectivity index (χ0v) is 9.85. The van der Waals surface area contributed by atoms with E-state index in [2.05, 4.69) is 27.3 Å². The Morgan fingerprint density at radius 3 is 2.94 bits per heavy atom. The van der Waals surface area contributed by atoms with E-state index in [1.54, 1.807) is 0 Å². The molecule has 0 bridgehead atoms. The Morgan fingerprint density at radius 1 is 1.50 bits per heavy atom. The van der Waals surface area contributed by atoms with Crippen LogP contribution in [0.3, 0.4) is 0 Å². The van der Waals surface area contributed by atoms with Gasteiger partial charge in [0.2, 0.25) is 6.39 Å². The third kappa shape index (κ3) is 3.28. The van der Waals surface area contributed by atoms with Gasteiger partial charge in [0.25, 0.3) is 0 Å². The third-order valence-corrected chi connectivity index (χ3v) is 3.19. The molecular formula is C11H20N4O. The Bertz CT molecular complexity index is 282. The Morgan fingerprint density at radius 2 is 2.31 bits per heavy atom. The summed E-state index contributed by atoms with van der Waals surface area (Å²) in [6.45, 7) is 7.48. The van der Waals surface area contributed by atoms with Gasteiger partial charge in [-0.05, 0) is 38.4 Å². The van der Waals surface area contributed by atoms with Gasteiger partial charge in [0.1, 0.15) is 0 Å². The van der Waals surface area contributed by atoms with Crippen molar-refractivity contribution in [3.8, 4) is 0 Å². The molecule has 1 aromatic heterocycles. The first-order valence-electron chi connectivity index (χ1n) is 6.06. The minimum Gasteiger partial charge on any atom is -0.343 e. The summed E-state index contributed by atoms with van der Waals surface area (Å²) in [5.41, 5.74) is 0. The topological polar surface area (TPSA) is 54.2 Å². The molecule has 1 N–H and O–H groups in total. The average molecular weight is 224 g/mol. The normalized spacial score (nSPS) is 18.1. The van der Waals surface area contributed by atoms with Crippen LogP contribution < -0.4 is 5.32 Å². The van der Waals surface area contributed by atoms with Gasteiger partial charge < -0.3 is 9.84 Å². The van der Waals surface area contributed by atoms with Gasteiger partial charge in [0.05, 0.1) is 6.54 Å². The van der Waals surface area contributed by atoms with Crippen molar-refractivity contribution in [2.75, 3.05) is 26.2 Å². The molecule has 5 nitrogen and oxygen atoms in total. The minimum atomic E-state index is 0.788. The molecule has 2 heterocycles. The second-order valence-corrected chi connectivity index (χ2v) is 4.37. The molecule has 1 fully saturated rings. The van der Waals surface area contributed by atoms with Crippen molar-refractivity contribution in [3.63, 3.8) is 0 Å². The number of rotatable bonds is 5. The molecule has 0 unspecified atom stereocenters. The summed E-state index contributed by atoms with van der Waals surface area (Å²) in [6.07, 6.45) is 3.96. The van der Waals surface area contributed by atoms with Crippen LogP contribution in [-0.2, 0) is 6.54 Å². The van der Waals surface area contributed by atoms with Crippen LogP contribution in [0.15, 0.2) is 10.9 Å². The standard InChI is InChI=1S/C11H20N4O/c1-2-15(8-11-13-9-16-14-11)7-10-3-5-12-6-4-10/h9-10,12H,2-8H2,1H3. The number of nitrogens with one attached hydrogen (secondary N) is 1. The van der Waals surface area contributed by atoms with E-state index in [0.29, 0.717) is 0 Å². The van der Waals surface area contributed by atoms with Crippen LogP contribution in [0.25, 0.3) is 0 Å². The van der Waals surface area contributed by atoms with Gasteiger partial charge in [0.15, 0.2) is 5.82 Å². The number of nitrogens with zero attached hydrogens (tertiary/aromatic N) is 3. The first kappa shape index (κ1) is 11.5. The highest BCUT2D eigenvalue weighted by Gasteiger charge is 2.17. The van der Waals surface area contributed by atoms with Crippen LogP contribution >= 0.6 is 0 Å². The van der Waals surface area contributed by atoms with E-state index in [1.165, 1.54) is 19.2 Å². The molecule has 2 rings (SSSR count). The van der Waals surface area contributed by atoms with Crippen molar-refractivity contribution >= 4 is 0 Å². The van der Waals surface area contributed by atoms with Gasteiger partial charge in [-0.2, -0.15) is 4.98 Å². The van der Waals surface area contributed by atoms with Crippen LogP contribution in [0.4, 0.5) is 0 Å². The van der Waals surface area contributed by atoms with Gasteiger partial charge in [-0.1, -0.05) is 12.1 Å². The number of aromatic nitrogens is 2. The fraction of sp³-hybridized carbons (Fsp3) is 0.818. The van der Waals surface area contributed by atoms with Crippen molar-refractivity contribution in [2.45, 2.75) is 26.3 Å². The quantitative estimate of drug-likeness (QED) is 0.805. The van der Waals surface area contributed by atoms with Crippen molar-refractivity contribution in [2.24, 2.45) is 5.92 Å². The highest BCUT2D eigenvalue weighted by atomic mass is 16.5. The van der Waals surface area contributed by atoms with Gasteiger partial charge >= 0.3 is 0 Å². The largest absolute Gasteiger partial charge is 0.343 e. The first-order chi connectivity index (χ1) is 7.88. The summed E-state index contributed by atoms with van der Waals surface area (Å²) in [4.78, 5) is 6.46. The van der Waals surface area contributed by atoms with E-state index in [4.69, 9.17) is 4.52 Å². The van der Waals surface area contributed by atoms with Crippen LogP contribution in [-0.4, -0.2) is 41.2 Å². The van der Waals surface area contributed by atoms with Crippen LogP contribution in [0, 0.1) is 5.92 Å². The molecule has 1 aromatic rings. The fourth-order valence-corrected chi connectivity index (χ4v) is 2.20. The molecular weight excluding hydrogens is 204 g/mol. The second-order valence-electron chi connectivity index (χ2n) is 4.37. The summed E-state index contributed by atoms with van der Waals surface area (Å²) in [5.74, 6) is 1.60. The lowest BCUT2D eigenvalue weighted by atomic mass is 9.97. The van der Waals surface area contributed by atoms with Crippen molar-refractivity contribution in [1.82, 2.24) is 20.4 Å². The molecule has 0 atom stereocenters. The third-order valence-electron chi connectivity index (χ3n) is 3.19. The molecule has 16 heavy (non-hydrogen) atoms. The first-order valence-corrected chi connectivity index (χ1v) is 6.06. The van der Waals surface area contributed by atoms with E-state index in [0.717, 1.165) is 44.5 Å². The maximum Gasteiger partial charge on any atom is 0.213 e. The van der Waals surface area contributed by atoms with Gasteiger partial charge in [-0.25, -0.2) is 0 Å². The van der Waals surface area contributed by atoms with Crippen molar-refractivity contribution < 1.29 is 4.52 Å². The van der Waals surface area contributed by atoms with E-state index in [1.807, 2.05) is 0 Å². The monoisotopic (exact) mass is 224 g/mol. The van der Waals surface area contributed by atoms with Crippen molar-refractivity contribution in [1.29, 1.82) is 0 Å². The second kappa shape index (κ2) is 5.96. The maximum absolute atomic E-state index is 4.75. The summed E-state index contributed by atoms with van der Waals surface area (Å²) < 4.78 is 4.75. The molecule has 0 aliphatic carbocycles. The molecule has 1 aliphatic rings. The Balaban J connectivity index is 1.80. The molecule has 0 spiro atoms. The molecule has 0 aromatic carbocycles. The smallest absolute Gasteiger partial charge is 0.213 e. The number of hydrogen-bond donors (Lipinski definition) is 1. The minimum absolute atomic E-state index is 0.788. The molecule has 1 aliphatic heterocycles. The van der Waals surface area contributed by atoms with Gasteiger partial charge in [-0.15, -0.1) is 0 Å². The number of piperidine rings is 1. The van der Waals surface area contributed by atoms with E-state index in [9.17, 15) is 0 Å². The van der Waals surface area contributed by atoms with E-state index in [-0.39, 0.29) is 0 Å². The molecule has 1 saturated heterocycles. The lowest BCUT2D eigenvalue weighted by molar-refractivity contribution is 0.201. The fourth-order valence-electron chi connectivity index (χ4n) is 2.20.